The molecule has 36 heavy (non-hydrogen) atoms. The fourth-order valence-corrected chi connectivity index (χ4v) is 5.09. The number of nitrogens with one attached hydrogen (secondary N) is 1. The van der Waals surface area contributed by atoms with Crippen LogP contribution in [0.15, 0.2) is 83.8 Å². The highest BCUT2D eigenvalue weighted by Gasteiger charge is 2.32. The molecular formula is C27H30FN3O4S. The van der Waals surface area contributed by atoms with Crippen LogP contribution in [0.25, 0.3) is 0 Å². The molecule has 0 aliphatic carbocycles. The number of benzene rings is 3. The molecule has 0 unspecified atom stereocenters. The summed E-state index contributed by atoms with van der Waals surface area (Å²) in [6.45, 7) is 5.08. The van der Waals surface area contributed by atoms with Crippen LogP contribution >= 0.6 is 0 Å². The average molecular weight is 512 g/mol. The van der Waals surface area contributed by atoms with Gasteiger partial charge in [-0.1, -0.05) is 48.0 Å². The number of aryl methyl sites for hydroxylation is 1. The summed E-state index contributed by atoms with van der Waals surface area (Å²) in [6.07, 6.45) is 0. The van der Waals surface area contributed by atoms with Gasteiger partial charge in [0.2, 0.25) is 11.8 Å². The maximum atomic E-state index is 13.7. The van der Waals surface area contributed by atoms with Crippen molar-refractivity contribution in [1.29, 1.82) is 0 Å². The van der Waals surface area contributed by atoms with Gasteiger partial charge in [-0.05, 0) is 62.7 Å². The van der Waals surface area contributed by atoms with Crippen LogP contribution in [0.2, 0.25) is 0 Å². The largest absolute Gasteiger partial charge is 0.355 e. The Kier molecular flexibility index (Phi) is 8.82. The third-order valence-electron chi connectivity index (χ3n) is 5.72. The van der Waals surface area contributed by atoms with Gasteiger partial charge >= 0.3 is 0 Å². The molecule has 0 saturated carbocycles. The smallest absolute Gasteiger partial charge is 0.264 e. The molecule has 3 aromatic rings. The number of likely N-dealkylation sites (N-methyl/N-ethyl adjacent to an activating group) is 1. The molecule has 3 rings (SSSR count). The van der Waals surface area contributed by atoms with E-state index in [4.69, 9.17) is 0 Å². The highest BCUT2D eigenvalue weighted by atomic mass is 32.2. The molecule has 0 radical (unpaired) electrons. The Hall–Kier alpha value is -3.72. The molecule has 0 aliphatic rings. The summed E-state index contributed by atoms with van der Waals surface area (Å²) in [7, 11) is -4.09. The summed E-state index contributed by atoms with van der Waals surface area (Å²) in [4.78, 5) is 27.7. The Morgan fingerprint density at radius 1 is 0.944 bits per heavy atom. The lowest BCUT2D eigenvalue weighted by atomic mass is 10.1. The molecule has 0 saturated heterocycles. The summed E-state index contributed by atoms with van der Waals surface area (Å²) in [5, 5.41) is 2.70. The topological polar surface area (TPSA) is 86.8 Å². The highest BCUT2D eigenvalue weighted by molar-refractivity contribution is 7.92. The number of halogens is 1. The second kappa shape index (κ2) is 11.8. The molecule has 190 valence electrons. The molecule has 0 spiro atoms. The zero-order chi connectivity index (χ0) is 26.3. The van der Waals surface area contributed by atoms with E-state index in [2.05, 4.69) is 5.32 Å². The Morgan fingerprint density at radius 2 is 1.56 bits per heavy atom. The van der Waals surface area contributed by atoms with E-state index >= 15 is 0 Å². The fourth-order valence-electron chi connectivity index (χ4n) is 3.65. The predicted octanol–water partition coefficient (Wildman–Crippen LogP) is 3.88. The molecule has 0 heterocycles. The Morgan fingerprint density at radius 3 is 2.14 bits per heavy atom. The van der Waals surface area contributed by atoms with Crippen LogP contribution in [0.5, 0.6) is 0 Å². The van der Waals surface area contributed by atoms with E-state index in [0.717, 1.165) is 9.87 Å². The lowest BCUT2D eigenvalue weighted by Crippen LogP contribution is -2.51. The van der Waals surface area contributed by atoms with Crippen molar-refractivity contribution < 1.29 is 22.4 Å². The van der Waals surface area contributed by atoms with Crippen molar-refractivity contribution in [3.8, 4) is 0 Å². The SMILES string of the molecule is CCNC(=O)[C@@H](C)N(Cc1ccc(F)cc1)C(=O)CN(c1ccc(C)cc1)S(=O)(=O)c1ccccc1. The number of carbonyl (C=O) groups is 2. The van der Waals surface area contributed by atoms with Crippen molar-refractivity contribution in [3.63, 3.8) is 0 Å². The van der Waals surface area contributed by atoms with Crippen LogP contribution in [0.3, 0.4) is 0 Å². The first-order chi connectivity index (χ1) is 17.1. The van der Waals surface area contributed by atoms with E-state index in [-0.39, 0.29) is 17.3 Å². The van der Waals surface area contributed by atoms with Crippen molar-refractivity contribution in [2.75, 3.05) is 17.4 Å². The lowest BCUT2D eigenvalue weighted by molar-refractivity contribution is -0.139. The van der Waals surface area contributed by atoms with Crippen molar-refractivity contribution in [2.45, 2.75) is 38.3 Å². The van der Waals surface area contributed by atoms with E-state index in [1.807, 2.05) is 6.92 Å². The summed E-state index contributed by atoms with van der Waals surface area (Å²) in [5.74, 6) is -1.37. The number of anilines is 1. The van der Waals surface area contributed by atoms with Crippen LogP contribution < -0.4 is 9.62 Å². The molecule has 0 bridgehead atoms. The zero-order valence-electron chi connectivity index (χ0n) is 20.5. The Balaban J connectivity index is 2.00. The Bertz CT molecular complexity index is 1280. The van der Waals surface area contributed by atoms with Crippen molar-refractivity contribution in [3.05, 3.63) is 95.8 Å². The second-order valence-corrected chi connectivity index (χ2v) is 10.2. The first-order valence-electron chi connectivity index (χ1n) is 11.6. The van der Waals surface area contributed by atoms with Crippen molar-refractivity contribution >= 4 is 27.5 Å². The third kappa shape index (κ3) is 6.48. The van der Waals surface area contributed by atoms with Crippen molar-refractivity contribution in [1.82, 2.24) is 10.2 Å². The van der Waals surface area contributed by atoms with Crippen LogP contribution in [0.1, 0.15) is 25.0 Å². The lowest BCUT2D eigenvalue weighted by Gasteiger charge is -2.32. The van der Waals surface area contributed by atoms with Gasteiger partial charge in [0.1, 0.15) is 18.4 Å². The summed E-state index contributed by atoms with van der Waals surface area (Å²) in [6, 6.07) is 19.4. The molecule has 7 nitrogen and oxygen atoms in total. The molecule has 0 aromatic heterocycles. The maximum absolute atomic E-state index is 13.7. The number of carbonyl (C=O) groups excluding carboxylic acids is 2. The number of nitrogens with zero attached hydrogens (tertiary/aromatic N) is 2. The van der Waals surface area contributed by atoms with Crippen LogP contribution in [-0.2, 0) is 26.2 Å². The number of hydrogen-bond acceptors (Lipinski definition) is 4. The minimum Gasteiger partial charge on any atom is -0.355 e. The zero-order valence-corrected chi connectivity index (χ0v) is 21.3. The van der Waals surface area contributed by atoms with E-state index in [0.29, 0.717) is 17.8 Å². The van der Waals surface area contributed by atoms with Gasteiger partial charge in [0.25, 0.3) is 10.0 Å². The highest BCUT2D eigenvalue weighted by Crippen LogP contribution is 2.25. The minimum atomic E-state index is -4.09. The van der Waals surface area contributed by atoms with E-state index < -0.39 is 34.3 Å². The third-order valence-corrected chi connectivity index (χ3v) is 7.50. The monoisotopic (exact) mass is 511 g/mol. The molecule has 9 heteroatoms. The van der Waals surface area contributed by atoms with Gasteiger partial charge in [0.05, 0.1) is 10.6 Å². The van der Waals surface area contributed by atoms with E-state index in [1.54, 1.807) is 56.3 Å². The molecule has 1 atom stereocenters. The molecule has 0 aliphatic heterocycles. The maximum Gasteiger partial charge on any atom is 0.264 e. The first-order valence-corrected chi connectivity index (χ1v) is 13.0. The number of amides is 2. The Labute approximate surface area is 211 Å². The number of sulfonamides is 1. The van der Waals surface area contributed by atoms with Gasteiger partial charge in [-0.2, -0.15) is 0 Å². The summed E-state index contributed by atoms with van der Waals surface area (Å²) < 4.78 is 41.7. The van der Waals surface area contributed by atoms with Gasteiger partial charge in [0, 0.05) is 13.1 Å². The van der Waals surface area contributed by atoms with Gasteiger partial charge in [-0.25, -0.2) is 12.8 Å². The van der Waals surface area contributed by atoms with Crippen molar-refractivity contribution in [2.24, 2.45) is 0 Å². The van der Waals surface area contributed by atoms with Crippen LogP contribution in [-0.4, -0.2) is 44.3 Å². The standard InChI is InChI=1S/C27H30FN3O4S/c1-4-29-27(33)21(3)30(18-22-12-14-23(28)15-13-22)26(32)19-31(24-16-10-20(2)11-17-24)36(34,35)25-8-6-5-7-9-25/h5-17,21H,4,18-19H2,1-3H3,(H,29,33)/t21-/m1/s1. The average Bonchev–Trinajstić information content (AvgIpc) is 2.87. The van der Waals surface area contributed by atoms with Crippen LogP contribution in [0, 0.1) is 12.7 Å². The van der Waals surface area contributed by atoms with Gasteiger partial charge < -0.3 is 10.2 Å². The number of rotatable bonds is 10. The van der Waals surface area contributed by atoms with Gasteiger partial charge in [0.15, 0.2) is 0 Å². The van der Waals surface area contributed by atoms with Crippen LogP contribution in [0.4, 0.5) is 10.1 Å². The molecular weight excluding hydrogens is 481 g/mol. The molecule has 0 fully saturated rings. The quantitative estimate of drug-likeness (QED) is 0.448. The normalized spacial score (nSPS) is 12.0. The minimum absolute atomic E-state index is 0.00450. The second-order valence-electron chi connectivity index (χ2n) is 8.38. The summed E-state index contributed by atoms with van der Waals surface area (Å²) >= 11 is 0. The summed E-state index contributed by atoms with van der Waals surface area (Å²) in [5.41, 5.74) is 1.86. The molecule has 1 N–H and O–H groups in total. The van der Waals surface area contributed by atoms with E-state index in [9.17, 15) is 22.4 Å². The first kappa shape index (κ1) is 26.9. The predicted molar refractivity (Wildman–Crippen MR) is 137 cm³/mol. The van der Waals surface area contributed by atoms with Gasteiger partial charge in [-0.3, -0.25) is 13.9 Å². The van der Waals surface area contributed by atoms with Gasteiger partial charge in [-0.15, -0.1) is 0 Å². The van der Waals surface area contributed by atoms with E-state index in [1.165, 1.54) is 41.3 Å². The molecule has 3 aromatic carbocycles. The fraction of sp³-hybridized carbons (Fsp3) is 0.259. The molecule has 2 amide bonds. The number of hydrogen-bond donors (Lipinski definition) is 1.